The van der Waals surface area contributed by atoms with Crippen molar-refractivity contribution in [3.63, 3.8) is 0 Å². The molecule has 3 aromatic heterocycles. The highest BCUT2D eigenvalue weighted by Crippen LogP contribution is 2.13. The van der Waals surface area contributed by atoms with Crippen LogP contribution in [0, 0.1) is 0 Å². The average molecular weight is 346 g/mol. The van der Waals surface area contributed by atoms with Gasteiger partial charge in [-0.1, -0.05) is 18.2 Å². The number of benzene rings is 1. The van der Waals surface area contributed by atoms with Crippen LogP contribution in [0.25, 0.3) is 17.2 Å². The Labute approximate surface area is 150 Å². The normalized spacial score (nSPS) is 10.8. The van der Waals surface area contributed by atoms with Gasteiger partial charge in [0.2, 0.25) is 5.95 Å². The Balaban J connectivity index is 1.38. The highest BCUT2D eigenvalue weighted by molar-refractivity contribution is 5.50. The van der Waals surface area contributed by atoms with E-state index in [9.17, 15) is 0 Å². The van der Waals surface area contributed by atoms with Gasteiger partial charge in [0.05, 0.1) is 11.9 Å². The van der Waals surface area contributed by atoms with Crippen molar-refractivity contribution in [3.05, 3.63) is 66.9 Å². The second-order valence-electron chi connectivity index (χ2n) is 5.78. The fourth-order valence-electron chi connectivity index (χ4n) is 2.63. The van der Waals surface area contributed by atoms with E-state index in [4.69, 9.17) is 0 Å². The fraction of sp³-hybridized carbons (Fsp3) is 0.167. The maximum Gasteiger partial charge on any atom is 0.223 e. The van der Waals surface area contributed by atoms with Crippen molar-refractivity contribution in [1.29, 1.82) is 0 Å². The maximum atomic E-state index is 4.49. The van der Waals surface area contributed by atoms with E-state index in [2.05, 4.69) is 30.5 Å². The minimum Gasteiger partial charge on any atom is -0.354 e. The molecule has 0 saturated heterocycles. The summed E-state index contributed by atoms with van der Waals surface area (Å²) >= 11 is 0. The van der Waals surface area contributed by atoms with Crippen molar-refractivity contribution in [1.82, 2.24) is 34.5 Å². The van der Waals surface area contributed by atoms with Crippen molar-refractivity contribution in [2.75, 3.05) is 11.9 Å². The van der Waals surface area contributed by atoms with Crippen LogP contribution in [0.1, 0.15) is 5.56 Å². The lowest BCUT2D eigenvalue weighted by Crippen LogP contribution is -2.08. The SMILES string of the molecule is Cn1ncnc1-c1ccnc(NCCc2cnn(-c3ccccc3)c2)n1. The average Bonchev–Trinajstić information content (AvgIpc) is 3.32. The standard InChI is InChI=1S/C18H18N8/c1-25-17(21-13-23-25)16-8-10-20-18(24-16)19-9-7-14-11-22-26(12-14)15-5-3-2-4-6-15/h2-6,8,10-13H,7,9H2,1H3,(H,19,20,24). The Morgan fingerprint density at radius 3 is 2.73 bits per heavy atom. The third-order valence-electron chi connectivity index (χ3n) is 3.95. The first kappa shape index (κ1) is 15.9. The molecule has 1 N–H and O–H groups in total. The summed E-state index contributed by atoms with van der Waals surface area (Å²) in [5.74, 6) is 1.28. The Hall–Kier alpha value is -3.55. The minimum absolute atomic E-state index is 0.570. The molecule has 0 fully saturated rings. The van der Waals surface area contributed by atoms with Crippen molar-refractivity contribution in [2.24, 2.45) is 7.05 Å². The molecular formula is C18H18N8. The monoisotopic (exact) mass is 346 g/mol. The second kappa shape index (κ2) is 7.14. The van der Waals surface area contributed by atoms with Crippen LogP contribution in [0.5, 0.6) is 0 Å². The highest BCUT2D eigenvalue weighted by Gasteiger charge is 2.07. The molecule has 0 aliphatic rings. The molecule has 4 aromatic rings. The van der Waals surface area contributed by atoms with Crippen molar-refractivity contribution < 1.29 is 0 Å². The van der Waals surface area contributed by atoms with Crippen LogP contribution in [0.2, 0.25) is 0 Å². The Morgan fingerprint density at radius 1 is 1.04 bits per heavy atom. The number of hydrogen-bond donors (Lipinski definition) is 1. The smallest absolute Gasteiger partial charge is 0.223 e. The Bertz CT molecular complexity index is 989. The predicted octanol–water partition coefficient (Wildman–Crippen LogP) is 2.11. The molecule has 0 aliphatic carbocycles. The van der Waals surface area contributed by atoms with Gasteiger partial charge in [0.1, 0.15) is 12.0 Å². The zero-order valence-corrected chi connectivity index (χ0v) is 14.3. The maximum absolute atomic E-state index is 4.49. The zero-order chi connectivity index (χ0) is 17.8. The van der Waals surface area contributed by atoms with Crippen LogP contribution >= 0.6 is 0 Å². The molecule has 0 radical (unpaired) electrons. The molecule has 0 unspecified atom stereocenters. The lowest BCUT2D eigenvalue weighted by atomic mass is 10.2. The van der Waals surface area contributed by atoms with Gasteiger partial charge >= 0.3 is 0 Å². The highest BCUT2D eigenvalue weighted by atomic mass is 15.3. The molecule has 26 heavy (non-hydrogen) atoms. The molecule has 0 atom stereocenters. The summed E-state index contributed by atoms with van der Waals surface area (Å²) in [4.78, 5) is 13.0. The molecule has 130 valence electrons. The number of anilines is 1. The van der Waals surface area contributed by atoms with E-state index in [1.54, 1.807) is 10.9 Å². The molecule has 1 aromatic carbocycles. The van der Waals surface area contributed by atoms with Crippen molar-refractivity contribution >= 4 is 5.95 Å². The fourth-order valence-corrected chi connectivity index (χ4v) is 2.63. The zero-order valence-electron chi connectivity index (χ0n) is 14.3. The summed E-state index contributed by atoms with van der Waals surface area (Å²) in [5, 5.41) is 11.7. The molecule has 0 saturated carbocycles. The number of para-hydroxylation sites is 1. The molecule has 4 rings (SSSR count). The third kappa shape index (κ3) is 3.44. The minimum atomic E-state index is 0.570. The van der Waals surface area contributed by atoms with Crippen LogP contribution in [-0.4, -0.2) is 41.1 Å². The number of nitrogens with one attached hydrogen (secondary N) is 1. The third-order valence-corrected chi connectivity index (χ3v) is 3.95. The van der Waals surface area contributed by atoms with E-state index in [-0.39, 0.29) is 0 Å². The Morgan fingerprint density at radius 2 is 1.92 bits per heavy atom. The Kier molecular flexibility index (Phi) is 4.38. The van der Waals surface area contributed by atoms with Gasteiger partial charge in [0.25, 0.3) is 0 Å². The lowest BCUT2D eigenvalue weighted by molar-refractivity contribution is 0.771. The summed E-state index contributed by atoms with van der Waals surface area (Å²) in [5.41, 5.74) is 2.93. The molecule has 0 aliphatic heterocycles. The van der Waals surface area contributed by atoms with Gasteiger partial charge in [0, 0.05) is 26.0 Å². The topological polar surface area (TPSA) is 86.3 Å². The van der Waals surface area contributed by atoms with Gasteiger partial charge in [0.15, 0.2) is 5.82 Å². The summed E-state index contributed by atoms with van der Waals surface area (Å²) in [6.45, 7) is 0.711. The molecule has 3 heterocycles. The summed E-state index contributed by atoms with van der Waals surface area (Å²) in [6.07, 6.45) is 7.96. The molecule has 8 heteroatoms. The molecule has 0 bridgehead atoms. The molecule has 0 amide bonds. The largest absolute Gasteiger partial charge is 0.354 e. The predicted molar refractivity (Wildman–Crippen MR) is 97.8 cm³/mol. The van der Waals surface area contributed by atoms with E-state index >= 15 is 0 Å². The number of hydrogen-bond acceptors (Lipinski definition) is 6. The molecule has 8 nitrogen and oxygen atoms in total. The van der Waals surface area contributed by atoms with Gasteiger partial charge in [-0.05, 0) is 30.2 Å². The summed E-state index contributed by atoms with van der Waals surface area (Å²) in [7, 11) is 1.84. The van der Waals surface area contributed by atoms with E-state index in [0.717, 1.165) is 23.4 Å². The number of aromatic nitrogens is 7. The van der Waals surface area contributed by atoms with Crippen molar-refractivity contribution in [3.8, 4) is 17.2 Å². The van der Waals surface area contributed by atoms with Gasteiger partial charge < -0.3 is 5.32 Å². The van der Waals surface area contributed by atoms with Crippen molar-refractivity contribution in [2.45, 2.75) is 6.42 Å². The molecule has 0 spiro atoms. The quantitative estimate of drug-likeness (QED) is 0.575. The van der Waals surface area contributed by atoms with Crippen LogP contribution in [0.3, 0.4) is 0 Å². The number of aryl methyl sites for hydroxylation is 1. The number of nitrogens with zero attached hydrogens (tertiary/aromatic N) is 7. The second-order valence-corrected chi connectivity index (χ2v) is 5.78. The summed E-state index contributed by atoms with van der Waals surface area (Å²) in [6, 6.07) is 11.9. The summed E-state index contributed by atoms with van der Waals surface area (Å²) < 4.78 is 3.56. The van der Waals surface area contributed by atoms with E-state index in [0.29, 0.717) is 18.3 Å². The number of rotatable bonds is 6. The van der Waals surface area contributed by atoms with Gasteiger partial charge in [-0.2, -0.15) is 10.2 Å². The van der Waals surface area contributed by atoms with E-state index in [1.807, 2.05) is 60.5 Å². The van der Waals surface area contributed by atoms with Gasteiger partial charge in [-0.3, -0.25) is 0 Å². The van der Waals surface area contributed by atoms with E-state index < -0.39 is 0 Å². The van der Waals surface area contributed by atoms with Gasteiger partial charge in [-0.15, -0.1) is 0 Å². The first-order valence-corrected chi connectivity index (χ1v) is 8.30. The van der Waals surface area contributed by atoms with Crippen LogP contribution < -0.4 is 5.32 Å². The molecular weight excluding hydrogens is 328 g/mol. The first-order valence-electron chi connectivity index (χ1n) is 8.30. The first-order chi connectivity index (χ1) is 12.8. The van der Waals surface area contributed by atoms with Crippen LogP contribution in [-0.2, 0) is 13.5 Å². The van der Waals surface area contributed by atoms with Gasteiger partial charge in [-0.25, -0.2) is 24.3 Å². The lowest BCUT2D eigenvalue weighted by Gasteiger charge is -2.05. The van der Waals surface area contributed by atoms with Crippen LogP contribution in [0.4, 0.5) is 5.95 Å². The van der Waals surface area contributed by atoms with E-state index in [1.165, 1.54) is 6.33 Å². The van der Waals surface area contributed by atoms with Crippen LogP contribution in [0.15, 0.2) is 61.3 Å².